The van der Waals surface area contributed by atoms with Gasteiger partial charge in [-0.15, -0.1) is 0 Å². The van der Waals surface area contributed by atoms with Crippen molar-refractivity contribution in [1.29, 1.82) is 0 Å². The molecule has 2 unspecified atom stereocenters. The quantitative estimate of drug-likeness (QED) is 0.294. The van der Waals surface area contributed by atoms with Crippen LogP contribution < -0.4 is 16.2 Å². The molecule has 0 aliphatic heterocycles. The van der Waals surface area contributed by atoms with E-state index in [2.05, 4.69) is 0 Å². The number of halogens is 2. The lowest BCUT2D eigenvalue weighted by Gasteiger charge is -2.23. The molecule has 1 aromatic rings. The lowest BCUT2D eigenvalue weighted by Crippen LogP contribution is -2.33. The minimum atomic E-state index is -0.864. The van der Waals surface area contributed by atoms with E-state index in [4.69, 9.17) is 20.9 Å². The number of benzene rings is 1. The summed E-state index contributed by atoms with van der Waals surface area (Å²) < 4.78 is 38.2. The molecular formula is C19H26F2N2O4. The number of aromatic hydroxyl groups is 1. The van der Waals surface area contributed by atoms with Crippen molar-refractivity contribution in [2.45, 2.75) is 38.6 Å². The van der Waals surface area contributed by atoms with Gasteiger partial charge in [0, 0.05) is 5.92 Å². The topological polar surface area (TPSA) is 111 Å². The second-order valence-electron chi connectivity index (χ2n) is 6.54. The third kappa shape index (κ3) is 5.26. The summed E-state index contributed by atoms with van der Waals surface area (Å²) in [7, 11) is 0. The Hall–Kier alpha value is -2.48. The molecule has 0 saturated heterocycles. The van der Waals surface area contributed by atoms with E-state index >= 15 is 0 Å². The van der Waals surface area contributed by atoms with Gasteiger partial charge in [0.25, 0.3) is 0 Å². The van der Waals surface area contributed by atoms with Gasteiger partial charge in [-0.05, 0) is 43.9 Å². The highest BCUT2D eigenvalue weighted by Gasteiger charge is 2.28. The molecule has 8 heteroatoms. The standard InChI is InChI=1S/C19H26F2N2O4/c1-11-10-14(16(21)19(25)17(11)23)27-9-5-3-2-4-8-26-13-7-6-12(22)18(24)15(13)20/h6-7,10-11,17,24-25H,2-5,8-9,22-23H2,1H3. The second-order valence-corrected chi connectivity index (χ2v) is 6.54. The number of rotatable bonds is 9. The van der Waals surface area contributed by atoms with Crippen LogP contribution in [0.3, 0.4) is 0 Å². The van der Waals surface area contributed by atoms with Gasteiger partial charge in [-0.3, -0.25) is 0 Å². The first-order chi connectivity index (χ1) is 12.8. The van der Waals surface area contributed by atoms with Crippen molar-refractivity contribution >= 4 is 5.69 Å². The third-order valence-corrected chi connectivity index (χ3v) is 4.40. The van der Waals surface area contributed by atoms with Crippen LogP contribution in [0.2, 0.25) is 0 Å². The zero-order chi connectivity index (χ0) is 20.0. The van der Waals surface area contributed by atoms with Crippen molar-refractivity contribution in [2.75, 3.05) is 18.9 Å². The maximum absolute atomic E-state index is 13.9. The molecule has 2 rings (SSSR count). The second kappa shape index (κ2) is 9.45. The first-order valence-electron chi connectivity index (χ1n) is 8.91. The summed E-state index contributed by atoms with van der Waals surface area (Å²) in [5.41, 5.74) is 11.0. The van der Waals surface area contributed by atoms with Crippen molar-refractivity contribution in [3.8, 4) is 11.5 Å². The molecule has 0 saturated carbocycles. The number of ether oxygens (including phenoxy) is 2. The summed E-state index contributed by atoms with van der Waals surface area (Å²) in [4.78, 5) is 0. The van der Waals surface area contributed by atoms with Crippen molar-refractivity contribution in [3.05, 3.63) is 41.4 Å². The van der Waals surface area contributed by atoms with Crippen molar-refractivity contribution in [3.63, 3.8) is 0 Å². The van der Waals surface area contributed by atoms with Gasteiger partial charge in [0.1, 0.15) is 5.76 Å². The zero-order valence-electron chi connectivity index (χ0n) is 15.3. The third-order valence-electron chi connectivity index (χ3n) is 4.40. The zero-order valence-corrected chi connectivity index (χ0v) is 15.3. The molecule has 27 heavy (non-hydrogen) atoms. The smallest absolute Gasteiger partial charge is 0.208 e. The fraction of sp³-hybridized carbons (Fsp3) is 0.474. The first kappa shape index (κ1) is 20.8. The number of hydrogen-bond donors (Lipinski definition) is 4. The molecule has 0 spiro atoms. The van der Waals surface area contributed by atoms with Gasteiger partial charge in [0.2, 0.25) is 11.6 Å². The molecule has 0 amide bonds. The van der Waals surface area contributed by atoms with Crippen LogP contribution in [0.15, 0.2) is 35.6 Å². The molecule has 150 valence electrons. The molecule has 0 heterocycles. The summed E-state index contributed by atoms with van der Waals surface area (Å²) in [6.07, 6.45) is 4.59. The van der Waals surface area contributed by atoms with E-state index < -0.39 is 29.2 Å². The summed E-state index contributed by atoms with van der Waals surface area (Å²) in [6.45, 7) is 2.39. The maximum atomic E-state index is 13.9. The van der Waals surface area contributed by atoms with Crippen molar-refractivity contribution in [1.82, 2.24) is 0 Å². The minimum absolute atomic E-state index is 0.0312. The molecule has 0 fully saturated rings. The van der Waals surface area contributed by atoms with Crippen molar-refractivity contribution < 1.29 is 28.5 Å². The molecule has 6 N–H and O–H groups in total. The molecule has 2 atom stereocenters. The normalized spacial score (nSPS) is 19.8. The van der Waals surface area contributed by atoms with Crippen LogP contribution >= 0.6 is 0 Å². The average Bonchev–Trinajstić information content (AvgIpc) is 2.65. The van der Waals surface area contributed by atoms with E-state index in [9.17, 15) is 19.0 Å². The monoisotopic (exact) mass is 384 g/mol. The SMILES string of the molecule is CC1C=C(OCCCCCCOc2ccc(N)c(O)c2F)C(F)=C(O)C1N. The molecule has 1 aromatic carbocycles. The first-order valence-corrected chi connectivity index (χ1v) is 8.91. The van der Waals surface area contributed by atoms with Gasteiger partial charge in [-0.1, -0.05) is 6.92 Å². The molecule has 6 nitrogen and oxygen atoms in total. The van der Waals surface area contributed by atoms with E-state index in [1.165, 1.54) is 12.1 Å². The van der Waals surface area contributed by atoms with Gasteiger partial charge < -0.3 is 31.2 Å². The molecule has 1 aliphatic rings. The number of nitrogen functional groups attached to an aromatic ring is 1. The fourth-order valence-corrected chi connectivity index (χ4v) is 2.64. The van der Waals surface area contributed by atoms with E-state index in [0.717, 1.165) is 12.8 Å². The Morgan fingerprint density at radius 2 is 1.67 bits per heavy atom. The number of hydrogen-bond acceptors (Lipinski definition) is 6. The van der Waals surface area contributed by atoms with Gasteiger partial charge in [0.15, 0.2) is 17.3 Å². The van der Waals surface area contributed by atoms with Gasteiger partial charge >= 0.3 is 0 Å². The number of anilines is 1. The van der Waals surface area contributed by atoms with Crippen molar-refractivity contribution in [2.24, 2.45) is 11.7 Å². The average molecular weight is 384 g/mol. The molecule has 0 bridgehead atoms. The Bertz CT molecular complexity index is 722. The highest BCUT2D eigenvalue weighted by Crippen LogP contribution is 2.31. The Balaban J connectivity index is 1.62. The lowest BCUT2D eigenvalue weighted by atomic mass is 9.95. The van der Waals surface area contributed by atoms with Crippen LogP contribution in [0.25, 0.3) is 0 Å². The summed E-state index contributed by atoms with van der Waals surface area (Å²) in [6, 6.07) is 2.01. The van der Waals surface area contributed by atoms with E-state index in [-0.39, 0.29) is 23.1 Å². The fourth-order valence-electron chi connectivity index (χ4n) is 2.64. The Morgan fingerprint density at radius 3 is 2.33 bits per heavy atom. The number of unbranched alkanes of at least 4 members (excludes halogenated alkanes) is 3. The van der Waals surface area contributed by atoms with E-state index in [1.807, 2.05) is 0 Å². The van der Waals surface area contributed by atoms with Gasteiger partial charge in [0.05, 0.1) is 24.9 Å². The van der Waals surface area contributed by atoms with Crippen LogP contribution in [0, 0.1) is 11.7 Å². The lowest BCUT2D eigenvalue weighted by molar-refractivity contribution is 0.183. The maximum Gasteiger partial charge on any atom is 0.208 e. The van der Waals surface area contributed by atoms with Crippen LogP contribution in [0.1, 0.15) is 32.6 Å². The highest BCUT2D eigenvalue weighted by molar-refractivity contribution is 5.55. The number of aliphatic hydroxyl groups is 1. The van der Waals surface area contributed by atoms with E-state index in [0.29, 0.717) is 26.1 Å². The molecule has 0 radical (unpaired) electrons. The number of aliphatic hydroxyl groups excluding tert-OH is 1. The minimum Gasteiger partial charge on any atom is -0.507 e. The Labute approximate surface area is 157 Å². The largest absolute Gasteiger partial charge is 0.507 e. The Kier molecular flexibility index (Phi) is 7.29. The number of phenolic OH excluding ortho intramolecular Hbond substituents is 1. The molecule has 1 aliphatic carbocycles. The summed E-state index contributed by atoms with van der Waals surface area (Å²) in [5, 5.41) is 19.0. The van der Waals surface area contributed by atoms with Crippen LogP contribution in [-0.4, -0.2) is 29.5 Å². The van der Waals surface area contributed by atoms with Crippen LogP contribution in [0.5, 0.6) is 11.5 Å². The number of phenols is 1. The highest BCUT2D eigenvalue weighted by atomic mass is 19.1. The van der Waals surface area contributed by atoms with Gasteiger partial charge in [-0.25, -0.2) is 0 Å². The van der Waals surface area contributed by atoms with E-state index in [1.54, 1.807) is 13.0 Å². The molecular weight excluding hydrogens is 358 g/mol. The predicted molar refractivity (Wildman–Crippen MR) is 98.4 cm³/mol. The number of allylic oxidation sites excluding steroid dienone is 1. The predicted octanol–water partition coefficient (Wildman–Crippen LogP) is 3.67. The summed E-state index contributed by atoms with van der Waals surface area (Å²) >= 11 is 0. The number of nitrogens with two attached hydrogens (primary N) is 2. The Morgan fingerprint density at radius 1 is 1.04 bits per heavy atom. The van der Waals surface area contributed by atoms with Crippen LogP contribution in [-0.2, 0) is 4.74 Å². The van der Waals surface area contributed by atoms with Gasteiger partial charge in [-0.2, -0.15) is 8.78 Å². The summed E-state index contributed by atoms with van der Waals surface area (Å²) in [5.74, 6) is -2.96. The van der Waals surface area contributed by atoms with Crippen LogP contribution in [0.4, 0.5) is 14.5 Å². The molecule has 0 aromatic heterocycles.